The number of anilines is 1. The molecule has 2 rings (SSSR count). The molecule has 0 radical (unpaired) electrons. The minimum atomic E-state index is -0.265. The Kier molecular flexibility index (Phi) is 3.29. The summed E-state index contributed by atoms with van der Waals surface area (Å²) in [4.78, 5) is 22.2. The molecule has 94 valence electrons. The van der Waals surface area contributed by atoms with Crippen LogP contribution in [-0.2, 0) is 9.59 Å². The van der Waals surface area contributed by atoms with Crippen LogP contribution in [0.1, 0.15) is 6.92 Å². The maximum absolute atomic E-state index is 11.2. The Hall–Kier alpha value is -2.34. The van der Waals surface area contributed by atoms with E-state index in [0.29, 0.717) is 0 Å². The molecule has 0 spiro atoms. The highest BCUT2D eigenvalue weighted by Crippen LogP contribution is 2.19. The third-order valence-corrected chi connectivity index (χ3v) is 2.44. The predicted octanol–water partition coefficient (Wildman–Crippen LogP) is 0.628. The predicted molar refractivity (Wildman–Crippen MR) is 69.7 cm³/mol. The second-order valence-corrected chi connectivity index (χ2v) is 3.88. The van der Waals surface area contributed by atoms with Gasteiger partial charge in [-0.05, 0) is 24.3 Å². The van der Waals surface area contributed by atoms with Crippen molar-refractivity contribution in [3.05, 3.63) is 30.5 Å². The lowest BCUT2D eigenvalue weighted by molar-refractivity contribution is -0.116. The summed E-state index contributed by atoms with van der Waals surface area (Å²) < 4.78 is 1.60. The first kappa shape index (κ1) is 12.1. The SMILES string of the molecule is CC(=O)Nc1ccc2c(ccn2NC(=O)CN)c1. The third kappa shape index (κ3) is 2.49. The fourth-order valence-electron chi connectivity index (χ4n) is 1.70. The highest BCUT2D eigenvalue weighted by molar-refractivity contribution is 5.93. The quantitative estimate of drug-likeness (QED) is 0.742. The zero-order chi connectivity index (χ0) is 13.1. The minimum Gasteiger partial charge on any atom is -0.326 e. The first-order valence-corrected chi connectivity index (χ1v) is 5.49. The summed E-state index contributed by atoms with van der Waals surface area (Å²) in [6, 6.07) is 7.27. The second-order valence-electron chi connectivity index (χ2n) is 3.88. The lowest BCUT2D eigenvalue weighted by Crippen LogP contribution is -2.28. The normalized spacial score (nSPS) is 10.3. The van der Waals surface area contributed by atoms with E-state index in [1.54, 1.807) is 16.9 Å². The Bertz CT molecular complexity index is 603. The van der Waals surface area contributed by atoms with Crippen molar-refractivity contribution >= 4 is 28.4 Å². The van der Waals surface area contributed by atoms with E-state index < -0.39 is 0 Å². The number of benzene rings is 1. The average molecular weight is 246 g/mol. The minimum absolute atomic E-state index is 0.0658. The topological polar surface area (TPSA) is 89.2 Å². The summed E-state index contributed by atoms with van der Waals surface area (Å²) in [7, 11) is 0. The van der Waals surface area contributed by atoms with Crippen LogP contribution in [0.4, 0.5) is 5.69 Å². The highest BCUT2D eigenvalue weighted by Gasteiger charge is 2.05. The number of aromatic nitrogens is 1. The van der Waals surface area contributed by atoms with Crippen molar-refractivity contribution < 1.29 is 9.59 Å². The number of hydrogen-bond acceptors (Lipinski definition) is 3. The highest BCUT2D eigenvalue weighted by atomic mass is 16.2. The number of fused-ring (bicyclic) bond motifs is 1. The van der Waals surface area contributed by atoms with Crippen LogP contribution in [0.25, 0.3) is 10.9 Å². The molecule has 0 saturated heterocycles. The van der Waals surface area contributed by atoms with E-state index in [1.165, 1.54) is 6.92 Å². The molecule has 0 aliphatic heterocycles. The summed E-state index contributed by atoms with van der Waals surface area (Å²) in [5.74, 6) is -0.386. The molecular weight excluding hydrogens is 232 g/mol. The van der Waals surface area contributed by atoms with E-state index >= 15 is 0 Å². The standard InChI is InChI=1S/C12H14N4O2/c1-8(17)14-10-2-3-11-9(6-10)4-5-16(11)15-12(18)7-13/h2-6H,7,13H2,1H3,(H,14,17)(H,15,18). The van der Waals surface area contributed by atoms with E-state index in [2.05, 4.69) is 10.7 Å². The van der Waals surface area contributed by atoms with Crippen LogP contribution in [0.2, 0.25) is 0 Å². The van der Waals surface area contributed by atoms with Gasteiger partial charge in [-0.1, -0.05) is 0 Å². The fraction of sp³-hybridized carbons (Fsp3) is 0.167. The van der Waals surface area contributed by atoms with Crippen LogP contribution in [0, 0.1) is 0 Å². The third-order valence-electron chi connectivity index (χ3n) is 2.44. The summed E-state index contributed by atoms with van der Waals surface area (Å²) in [6.07, 6.45) is 1.73. The van der Waals surface area contributed by atoms with Gasteiger partial charge in [-0.25, -0.2) is 0 Å². The van der Waals surface area contributed by atoms with Gasteiger partial charge < -0.3 is 11.1 Å². The molecule has 1 heterocycles. The summed E-state index contributed by atoms with van der Waals surface area (Å²) in [6.45, 7) is 1.39. The van der Waals surface area contributed by atoms with Gasteiger partial charge in [-0.15, -0.1) is 0 Å². The maximum atomic E-state index is 11.2. The number of nitrogens with zero attached hydrogens (tertiary/aromatic N) is 1. The Morgan fingerprint density at radius 1 is 1.33 bits per heavy atom. The van der Waals surface area contributed by atoms with Crippen LogP contribution < -0.4 is 16.5 Å². The van der Waals surface area contributed by atoms with E-state index in [9.17, 15) is 9.59 Å². The zero-order valence-corrected chi connectivity index (χ0v) is 9.93. The molecule has 0 fully saturated rings. The second kappa shape index (κ2) is 4.89. The van der Waals surface area contributed by atoms with Crippen molar-refractivity contribution in [2.45, 2.75) is 6.92 Å². The van der Waals surface area contributed by atoms with Crippen molar-refractivity contribution in [2.24, 2.45) is 5.73 Å². The average Bonchev–Trinajstić information content (AvgIpc) is 2.71. The van der Waals surface area contributed by atoms with E-state index in [0.717, 1.165) is 16.6 Å². The molecule has 18 heavy (non-hydrogen) atoms. The largest absolute Gasteiger partial charge is 0.326 e. The molecule has 1 aromatic carbocycles. The number of nitrogens with one attached hydrogen (secondary N) is 2. The lowest BCUT2D eigenvalue weighted by atomic mass is 10.2. The van der Waals surface area contributed by atoms with Gasteiger partial charge in [-0.3, -0.25) is 19.7 Å². The Balaban J connectivity index is 2.31. The van der Waals surface area contributed by atoms with Crippen LogP contribution >= 0.6 is 0 Å². The molecule has 4 N–H and O–H groups in total. The number of carbonyl (C=O) groups excluding carboxylic acids is 2. The molecule has 2 amide bonds. The number of rotatable bonds is 3. The van der Waals surface area contributed by atoms with E-state index in [4.69, 9.17) is 5.73 Å². The Labute approximate surface area is 104 Å². The molecule has 0 atom stereocenters. The molecule has 6 heteroatoms. The zero-order valence-electron chi connectivity index (χ0n) is 9.93. The molecule has 2 aromatic rings. The molecule has 0 saturated carbocycles. The molecular formula is C12H14N4O2. The van der Waals surface area contributed by atoms with Crippen molar-refractivity contribution in [2.75, 3.05) is 17.3 Å². The monoisotopic (exact) mass is 246 g/mol. The van der Waals surface area contributed by atoms with Crippen molar-refractivity contribution in [3.63, 3.8) is 0 Å². The van der Waals surface area contributed by atoms with Gasteiger partial charge in [0.1, 0.15) is 0 Å². The van der Waals surface area contributed by atoms with Crippen LogP contribution in [-0.4, -0.2) is 23.0 Å². The Morgan fingerprint density at radius 3 is 2.78 bits per heavy atom. The van der Waals surface area contributed by atoms with Gasteiger partial charge in [-0.2, -0.15) is 0 Å². The van der Waals surface area contributed by atoms with Crippen molar-refractivity contribution in [3.8, 4) is 0 Å². The number of hydrogen-bond donors (Lipinski definition) is 3. The first-order chi connectivity index (χ1) is 8.60. The fourth-order valence-corrected chi connectivity index (χ4v) is 1.70. The van der Waals surface area contributed by atoms with Crippen LogP contribution in [0.15, 0.2) is 30.5 Å². The number of nitrogens with two attached hydrogens (primary N) is 1. The van der Waals surface area contributed by atoms with Crippen LogP contribution in [0.3, 0.4) is 0 Å². The van der Waals surface area contributed by atoms with Gasteiger partial charge in [0.2, 0.25) is 5.91 Å². The summed E-state index contributed by atoms with van der Waals surface area (Å²) >= 11 is 0. The molecule has 0 aliphatic rings. The maximum Gasteiger partial charge on any atom is 0.252 e. The molecule has 0 bridgehead atoms. The van der Waals surface area contributed by atoms with E-state index in [-0.39, 0.29) is 18.4 Å². The van der Waals surface area contributed by atoms with Gasteiger partial charge >= 0.3 is 0 Å². The molecule has 0 unspecified atom stereocenters. The van der Waals surface area contributed by atoms with Crippen molar-refractivity contribution in [1.82, 2.24) is 4.68 Å². The smallest absolute Gasteiger partial charge is 0.252 e. The van der Waals surface area contributed by atoms with Gasteiger partial charge in [0, 0.05) is 24.2 Å². The van der Waals surface area contributed by atoms with Crippen molar-refractivity contribution in [1.29, 1.82) is 0 Å². The Morgan fingerprint density at radius 2 is 2.11 bits per heavy atom. The van der Waals surface area contributed by atoms with Crippen LogP contribution in [0.5, 0.6) is 0 Å². The van der Waals surface area contributed by atoms with Gasteiger partial charge in [0.05, 0.1) is 12.1 Å². The molecule has 1 aromatic heterocycles. The first-order valence-electron chi connectivity index (χ1n) is 5.49. The summed E-state index contributed by atoms with van der Waals surface area (Å²) in [5, 5.41) is 3.62. The summed E-state index contributed by atoms with van der Waals surface area (Å²) in [5.41, 5.74) is 9.44. The number of amides is 2. The van der Waals surface area contributed by atoms with Gasteiger partial charge in [0.15, 0.2) is 0 Å². The molecule has 0 aliphatic carbocycles. The lowest BCUT2D eigenvalue weighted by Gasteiger charge is -2.07. The van der Waals surface area contributed by atoms with E-state index in [1.807, 2.05) is 18.2 Å². The molecule has 6 nitrogen and oxygen atoms in total. The van der Waals surface area contributed by atoms with Gasteiger partial charge in [0.25, 0.3) is 5.91 Å². The number of carbonyl (C=O) groups is 2.